The van der Waals surface area contributed by atoms with Gasteiger partial charge in [0.15, 0.2) is 0 Å². The fourth-order valence-corrected chi connectivity index (χ4v) is 3.07. The molecule has 3 rings (SSSR count). The van der Waals surface area contributed by atoms with Crippen LogP contribution >= 0.6 is 0 Å². The Morgan fingerprint density at radius 1 is 1.23 bits per heavy atom. The van der Waals surface area contributed by atoms with Gasteiger partial charge in [0.1, 0.15) is 17.8 Å². The van der Waals surface area contributed by atoms with Crippen LogP contribution in [-0.2, 0) is 25.7 Å². The van der Waals surface area contributed by atoms with Crippen molar-refractivity contribution in [2.24, 2.45) is 0 Å². The van der Waals surface area contributed by atoms with Gasteiger partial charge >= 0.3 is 6.09 Å². The van der Waals surface area contributed by atoms with E-state index in [1.807, 2.05) is 0 Å². The molecule has 0 unspecified atom stereocenters. The summed E-state index contributed by atoms with van der Waals surface area (Å²) in [4.78, 5) is 51.1. The molecule has 1 aromatic carbocycles. The van der Waals surface area contributed by atoms with Crippen molar-refractivity contribution >= 4 is 35.2 Å². The second-order valence-corrected chi connectivity index (χ2v) is 7.96. The van der Waals surface area contributed by atoms with E-state index in [-0.39, 0.29) is 37.8 Å². The second-order valence-electron chi connectivity index (χ2n) is 7.96. The summed E-state index contributed by atoms with van der Waals surface area (Å²) in [6.45, 7) is 4.80. The van der Waals surface area contributed by atoms with Gasteiger partial charge in [-0.05, 0) is 44.5 Å². The topological polar surface area (TPSA) is 128 Å². The number of aliphatic hydroxyl groups excluding tert-OH is 1. The van der Waals surface area contributed by atoms with E-state index < -0.39 is 23.5 Å². The van der Waals surface area contributed by atoms with E-state index in [4.69, 9.17) is 9.84 Å². The largest absolute Gasteiger partial charge is 0.444 e. The normalized spacial score (nSPS) is 16.7. The summed E-state index contributed by atoms with van der Waals surface area (Å²) in [7, 11) is 0. The lowest BCUT2D eigenvalue weighted by atomic mass is 10.1. The van der Waals surface area contributed by atoms with E-state index in [9.17, 15) is 19.2 Å². The van der Waals surface area contributed by atoms with E-state index >= 15 is 0 Å². The number of ether oxygens (including phenoxy) is 1. The molecule has 0 spiro atoms. The lowest BCUT2D eigenvalue weighted by Gasteiger charge is -2.26. The number of nitrogens with one attached hydrogen (secondary N) is 2. The van der Waals surface area contributed by atoms with Gasteiger partial charge in [-0.2, -0.15) is 0 Å². The number of nitrogens with zero attached hydrogens (tertiary/aromatic N) is 2. The quantitative estimate of drug-likeness (QED) is 0.626. The zero-order valence-corrected chi connectivity index (χ0v) is 17.0. The lowest BCUT2D eigenvalue weighted by molar-refractivity contribution is -0.137. The summed E-state index contributed by atoms with van der Waals surface area (Å²) < 4.78 is 5.37. The zero-order valence-electron chi connectivity index (χ0n) is 17.0. The van der Waals surface area contributed by atoms with Gasteiger partial charge in [-0.25, -0.2) is 4.79 Å². The van der Waals surface area contributed by atoms with Crippen LogP contribution in [0.2, 0.25) is 0 Å². The summed E-state index contributed by atoms with van der Waals surface area (Å²) in [6.07, 6.45) is 0.557. The maximum Gasteiger partial charge on any atom is 0.411 e. The first-order chi connectivity index (χ1) is 14.1. The summed E-state index contributed by atoms with van der Waals surface area (Å²) in [5.74, 6) is -1.39. The number of carbonyl (C=O) groups excluding carboxylic acids is 4. The number of anilines is 2. The smallest absolute Gasteiger partial charge is 0.411 e. The van der Waals surface area contributed by atoms with Crippen molar-refractivity contribution in [1.29, 1.82) is 0 Å². The van der Waals surface area contributed by atoms with Crippen molar-refractivity contribution in [3.8, 4) is 0 Å². The van der Waals surface area contributed by atoms with E-state index in [0.717, 1.165) is 4.90 Å². The molecule has 0 saturated heterocycles. The molecule has 0 aliphatic carbocycles. The molecule has 0 atom stereocenters. The Morgan fingerprint density at radius 3 is 2.63 bits per heavy atom. The predicted molar refractivity (Wildman–Crippen MR) is 107 cm³/mol. The molecule has 1 aromatic rings. The number of aliphatic hydroxyl groups is 1. The average molecular weight is 416 g/mol. The van der Waals surface area contributed by atoms with E-state index in [2.05, 4.69) is 10.6 Å². The molecule has 2 heterocycles. The summed E-state index contributed by atoms with van der Waals surface area (Å²) >= 11 is 0. The number of benzene rings is 1. The van der Waals surface area contributed by atoms with Gasteiger partial charge in [0.25, 0.3) is 11.8 Å². The fourth-order valence-electron chi connectivity index (χ4n) is 3.07. The van der Waals surface area contributed by atoms with Crippen molar-refractivity contribution in [1.82, 2.24) is 9.80 Å². The van der Waals surface area contributed by atoms with Crippen molar-refractivity contribution in [3.05, 3.63) is 35.5 Å². The molecule has 30 heavy (non-hydrogen) atoms. The monoisotopic (exact) mass is 416 g/mol. The van der Waals surface area contributed by atoms with Crippen LogP contribution in [0.5, 0.6) is 0 Å². The van der Waals surface area contributed by atoms with Gasteiger partial charge in [-0.15, -0.1) is 0 Å². The number of hydrogen-bond acceptors (Lipinski definition) is 7. The highest BCUT2D eigenvalue weighted by molar-refractivity contribution is 6.17. The number of fused-ring (bicyclic) bond motifs is 1. The second kappa shape index (κ2) is 8.15. The summed E-state index contributed by atoms with van der Waals surface area (Å²) in [5, 5.41) is 14.6. The van der Waals surface area contributed by atoms with Crippen molar-refractivity contribution < 1.29 is 29.0 Å². The fraction of sp³-hybridized carbons (Fsp3) is 0.400. The maximum atomic E-state index is 12.5. The van der Waals surface area contributed by atoms with Crippen LogP contribution < -0.4 is 10.6 Å². The van der Waals surface area contributed by atoms with Crippen LogP contribution in [0.3, 0.4) is 0 Å². The van der Waals surface area contributed by atoms with Gasteiger partial charge in [0.05, 0.1) is 19.7 Å². The van der Waals surface area contributed by atoms with Gasteiger partial charge in [0.2, 0.25) is 5.91 Å². The minimum absolute atomic E-state index is 0.0788. The number of β-amino-alcohol motifs (C(OH)–C–C–N with tert-alkyl or cyclic N) is 1. The first kappa shape index (κ1) is 21.3. The Morgan fingerprint density at radius 2 is 1.97 bits per heavy atom. The van der Waals surface area contributed by atoms with E-state index in [1.165, 1.54) is 11.0 Å². The molecule has 10 nitrogen and oxygen atoms in total. The highest BCUT2D eigenvalue weighted by Crippen LogP contribution is 2.27. The molecular formula is C20H24N4O6. The van der Waals surface area contributed by atoms with Crippen molar-refractivity contribution in [2.45, 2.75) is 32.9 Å². The van der Waals surface area contributed by atoms with Gasteiger partial charge in [0, 0.05) is 17.5 Å². The van der Waals surface area contributed by atoms with Crippen LogP contribution in [0.4, 0.5) is 16.2 Å². The third-order valence-electron chi connectivity index (χ3n) is 4.34. The Labute approximate surface area is 173 Å². The molecule has 0 aromatic heterocycles. The van der Waals surface area contributed by atoms with Crippen LogP contribution in [-0.4, -0.2) is 64.0 Å². The van der Waals surface area contributed by atoms with Gasteiger partial charge in [-0.3, -0.25) is 24.2 Å². The molecule has 160 valence electrons. The maximum absolute atomic E-state index is 12.5. The number of rotatable bonds is 4. The Balaban J connectivity index is 1.80. The molecule has 3 N–H and O–H groups in total. The van der Waals surface area contributed by atoms with Gasteiger partial charge < -0.3 is 20.5 Å². The Kier molecular flexibility index (Phi) is 5.79. The van der Waals surface area contributed by atoms with E-state index in [0.29, 0.717) is 16.9 Å². The third kappa shape index (κ3) is 4.77. The Hall–Kier alpha value is -3.40. The number of imide groups is 1. The highest BCUT2D eigenvalue weighted by atomic mass is 16.6. The van der Waals surface area contributed by atoms with Crippen LogP contribution in [0.1, 0.15) is 26.3 Å². The number of hydrogen-bond donors (Lipinski definition) is 3. The summed E-state index contributed by atoms with van der Waals surface area (Å²) in [6, 6.07) is 4.99. The summed E-state index contributed by atoms with van der Waals surface area (Å²) in [5.41, 5.74) is 1.07. The molecule has 4 amide bonds. The number of carbonyl (C=O) groups is 4. The minimum atomic E-state index is -0.700. The molecule has 10 heteroatoms. The molecule has 2 aliphatic heterocycles. The van der Waals surface area contributed by atoms with E-state index in [1.54, 1.807) is 39.0 Å². The number of amides is 4. The molecule has 0 fully saturated rings. The molecule has 2 aliphatic rings. The van der Waals surface area contributed by atoms with Crippen LogP contribution in [0, 0.1) is 0 Å². The van der Waals surface area contributed by atoms with Gasteiger partial charge in [-0.1, -0.05) is 0 Å². The van der Waals surface area contributed by atoms with Crippen LogP contribution in [0.15, 0.2) is 30.0 Å². The highest BCUT2D eigenvalue weighted by Gasteiger charge is 2.31. The molecule has 0 bridgehead atoms. The molecule has 0 radical (unpaired) electrons. The lowest BCUT2D eigenvalue weighted by Crippen LogP contribution is -2.39. The third-order valence-corrected chi connectivity index (χ3v) is 4.34. The zero-order chi connectivity index (χ0) is 22.1. The van der Waals surface area contributed by atoms with Crippen molar-refractivity contribution in [3.63, 3.8) is 0 Å². The molecular weight excluding hydrogens is 392 g/mol. The Bertz CT molecular complexity index is 934. The van der Waals surface area contributed by atoms with Crippen LogP contribution in [0.25, 0.3) is 0 Å². The minimum Gasteiger partial charge on any atom is -0.444 e. The van der Waals surface area contributed by atoms with Crippen molar-refractivity contribution in [2.75, 3.05) is 30.3 Å². The first-order valence-corrected chi connectivity index (χ1v) is 9.43. The standard InChI is InChI=1S/C20H24N4O6/c1-20(2,3)30-19(29)23-10-12-8-13(4-5-14(12)22-16(26)11-23)21-15-9-17(27)24(6-7-25)18(15)28/h4-5,8-9,21,25H,6-7,10-11H2,1-3H3,(H,22,26). The predicted octanol–water partition coefficient (Wildman–Crippen LogP) is 1.03. The first-order valence-electron chi connectivity index (χ1n) is 9.43. The molecule has 0 saturated carbocycles. The SMILES string of the molecule is CC(C)(C)OC(=O)N1CC(=O)Nc2ccc(NC3=CC(=O)N(CCO)C3=O)cc2C1. The average Bonchev–Trinajstić information content (AvgIpc) is 2.80.